The van der Waals surface area contributed by atoms with Crippen molar-refractivity contribution in [1.82, 2.24) is 14.5 Å². The second-order valence-corrected chi connectivity index (χ2v) is 8.98. The number of thiazole rings is 1. The van der Waals surface area contributed by atoms with Crippen LogP contribution in [-0.2, 0) is 6.54 Å². The zero-order chi connectivity index (χ0) is 21.4. The molecule has 5 rings (SSSR count). The quantitative estimate of drug-likeness (QED) is 0.487. The zero-order valence-corrected chi connectivity index (χ0v) is 18.0. The number of nitrogens with zero attached hydrogens (tertiary/aromatic N) is 4. The largest absolute Gasteiger partial charge is 0.495 e. The van der Waals surface area contributed by atoms with E-state index in [0.29, 0.717) is 17.9 Å². The number of aliphatic hydroxyl groups is 1. The third-order valence-corrected chi connectivity index (χ3v) is 6.86. The summed E-state index contributed by atoms with van der Waals surface area (Å²) >= 11 is 1.62. The van der Waals surface area contributed by atoms with Gasteiger partial charge in [-0.3, -0.25) is 0 Å². The Bertz CT molecular complexity index is 1290. The van der Waals surface area contributed by atoms with Gasteiger partial charge in [0.1, 0.15) is 11.8 Å². The SMILES string of the molecule is COc1cc2ncn(Cc3ccc4nc(NC5CCCCC5O)sc4c3)c2cc1C#N. The Morgan fingerprint density at radius 1 is 1.26 bits per heavy atom. The molecule has 0 aliphatic heterocycles. The lowest BCUT2D eigenvalue weighted by molar-refractivity contribution is 0.116. The zero-order valence-electron chi connectivity index (χ0n) is 17.2. The number of ether oxygens (including phenoxy) is 1. The summed E-state index contributed by atoms with van der Waals surface area (Å²) in [4.78, 5) is 9.17. The van der Waals surface area contributed by atoms with E-state index in [9.17, 15) is 10.4 Å². The fraction of sp³-hybridized carbons (Fsp3) is 0.348. The maximum atomic E-state index is 10.2. The van der Waals surface area contributed by atoms with Crippen molar-refractivity contribution in [3.05, 3.63) is 47.8 Å². The van der Waals surface area contributed by atoms with E-state index >= 15 is 0 Å². The van der Waals surface area contributed by atoms with E-state index in [4.69, 9.17) is 9.72 Å². The summed E-state index contributed by atoms with van der Waals surface area (Å²) in [6, 6.07) is 12.1. The average Bonchev–Trinajstić information content (AvgIpc) is 3.37. The number of hydrogen-bond donors (Lipinski definition) is 2. The molecule has 0 amide bonds. The summed E-state index contributed by atoms with van der Waals surface area (Å²) in [5.41, 5.74) is 4.28. The summed E-state index contributed by atoms with van der Waals surface area (Å²) in [5.74, 6) is 0.537. The Morgan fingerprint density at radius 2 is 2.13 bits per heavy atom. The number of methoxy groups -OCH3 is 1. The number of nitriles is 1. The number of nitrogens with one attached hydrogen (secondary N) is 1. The first kappa shape index (κ1) is 19.8. The van der Waals surface area contributed by atoms with Gasteiger partial charge in [0.2, 0.25) is 0 Å². The topological polar surface area (TPSA) is 96.0 Å². The smallest absolute Gasteiger partial charge is 0.184 e. The van der Waals surface area contributed by atoms with Crippen molar-refractivity contribution >= 4 is 37.7 Å². The van der Waals surface area contributed by atoms with E-state index in [1.807, 2.05) is 16.7 Å². The van der Waals surface area contributed by atoms with E-state index in [2.05, 4.69) is 28.5 Å². The van der Waals surface area contributed by atoms with Gasteiger partial charge in [-0.05, 0) is 36.6 Å². The van der Waals surface area contributed by atoms with Gasteiger partial charge in [-0.2, -0.15) is 5.26 Å². The molecule has 1 aliphatic carbocycles. The molecule has 2 atom stereocenters. The summed E-state index contributed by atoms with van der Waals surface area (Å²) in [6.45, 7) is 0.644. The van der Waals surface area contributed by atoms with Crippen molar-refractivity contribution in [2.45, 2.75) is 44.4 Å². The molecule has 0 spiro atoms. The summed E-state index contributed by atoms with van der Waals surface area (Å²) in [5, 5.41) is 23.9. The Balaban J connectivity index is 1.40. The summed E-state index contributed by atoms with van der Waals surface area (Å²) in [6.07, 6.45) is 5.55. The van der Waals surface area contributed by atoms with E-state index in [1.54, 1.807) is 30.8 Å². The molecule has 1 saturated carbocycles. The number of rotatable bonds is 5. The first-order chi connectivity index (χ1) is 15.1. The number of aromatic nitrogens is 3. The second-order valence-electron chi connectivity index (χ2n) is 7.95. The van der Waals surface area contributed by atoms with Crippen LogP contribution < -0.4 is 10.1 Å². The van der Waals surface area contributed by atoms with Gasteiger partial charge in [-0.1, -0.05) is 30.2 Å². The second kappa shape index (κ2) is 8.17. The molecule has 0 radical (unpaired) electrons. The molecule has 2 heterocycles. The van der Waals surface area contributed by atoms with Crippen molar-refractivity contribution < 1.29 is 9.84 Å². The van der Waals surface area contributed by atoms with Gasteiger partial charge in [0.05, 0.1) is 52.4 Å². The minimum Gasteiger partial charge on any atom is -0.495 e. The molecule has 31 heavy (non-hydrogen) atoms. The highest BCUT2D eigenvalue weighted by Gasteiger charge is 2.23. The predicted molar refractivity (Wildman–Crippen MR) is 122 cm³/mol. The number of imidazole rings is 1. The van der Waals surface area contributed by atoms with Gasteiger partial charge < -0.3 is 19.7 Å². The van der Waals surface area contributed by atoms with Gasteiger partial charge in [0.15, 0.2) is 5.13 Å². The number of benzene rings is 2. The molecule has 2 aromatic carbocycles. The predicted octanol–water partition coefficient (Wildman–Crippen LogP) is 4.29. The fourth-order valence-corrected chi connectivity index (χ4v) is 5.22. The lowest BCUT2D eigenvalue weighted by Crippen LogP contribution is -2.36. The highest BCUT2D eigenvalue weighted by atomic mass is 32.1. The number of fused-ring (bicyclic) bond motifs is 2. The van der Waals surface area contributed by atoms with Crippen molar-refractivity contribution in [3.8, 4) is 11.8 Å². The number of aliphatic hydroxyl groups excluding tert-OH is 1. The highest BCUT2D eigenvalue weighted by molar-refractivity contribution is 7.22. The lowest BCUT2D eigenvalue weighted by Gasteiger charge is -2.27. The van der Waals surface area contributed by atoms with Crippen LogP contribution >= 0.6 is 11.3 Å². The minimum absolute atomic E-state index is 0.0809. The van der Waals surface area contributed by atoms with Crippen LogP contribution in [0.1, 0.15) is 36.8 Å². The maximum Gasteiger partial charge on any atom is 0.184 e. The average molecular weight is 434 g/mol. The van der Waals surface area contributed by atoms with Crippen molar-refractivity contribution in [2.75, 3.05) is 12.4 Å². The van der Waals surface area contributed by atoms with Crippen LogP contribution in [0.15, 0.2) is 36.7 Å². The molecule has 2 aromatic heterocycles. The fourth-order valence-electron chi connectivity index (χ4n) is 4.23. The lowest BCUT2D eigenvalue weighted by atomic mass is 9.93. The van der Waals surface area contributed by atoms with Gasteiger partial charge in [-0.25, -0.2) is 9.97 Å². The molecule has 7 nitrogen and oxygen atoms in total. The molecule has 2 unspecified atom stereocenters. The van der Waals surface area contributed by atoms with Gasteiger partial charge in [0, 0.05) is 12.6 Å². The van der Waals surface area contributed by atoms with E-state index in [1.165, 1.54) is 0 Å². The Labute approximate surface area is 183 Å². The molecule has 0 bridgehead atoms. The highest BCUT2D eigenvalue weighted by Crippen LogP contribution is 2.31. The Morgan fingerprint density at radius 3 is 2.94 bits per heavy atom. The third kappa shape index (κ3) is 3.82. The normalized spacial score (nSPS) is 18.9. The van der Waals surface area contributed by atoms with Crippen LogP contribution in [0.5, 0.6) is 5.75 Å². The van der Waals surface area contributed by atoms with Crippen LogP contribution in [-0.4, -0.2) is 38.9 Å². The first-order valence-electron chi connectivity index (χ1n) is 10.4. The molecule has 1 aliphatic rings. The van der Waals surface area contributed by atoms with Crippen molar-refractivity contribution in [3.63, 3.8) is 0 Å². The molecular formula is C23H23N5O2S. The first-order valence-corrected chi connectivity index (χ1v) is 11.2. The van der Waals surface area contributed by atoms with Crippen LogP contribution in [0, 0.1) is 11.3 Å². The van der Waals surface area contributed by atoms with Crippen molar-refractivity contribution in [1.29, 1.82) is 5.26 Å². The van der Waals surface area contributed by atoms with Gasteiger partial charge >= 0.3 is 0 Å². The molecule has 4 aromatic rings. The minimum atomic E-state index is -0.303. The number of anilines is 1. The molecule has 1 fully saturated rings. The van der Waals surface area contributed by atoms with Crippen LogP contribution in [0.3, 0.4) is 0 Å². The molecule has 158 valence electrons. The summed E-state index contributed by atoms with van der Waals surface area (Å²) < 4.78 is 8.43. The van der Waals surface area contributed by atoms with Crippen LogP contribution in [0.2, 0.25) is 0 Å². The van der Waals surface area contributed by atoms with E-state index < -0.39 is 0 Å². The van der Waals surface area contributed by atoms with Gasteiger partial charge in [-0.15, -0.1) is 0 Å². The standard InChI is InChI=1S/C23H23N5O2S/c1-30-21-10-18-19(9-15(21)11-24)28(13-25-18)12-14-6-7-17-22(8-14)31-23(27-17)26-16-4-2-3-5-20(16)29/h6-10,13,16,20,29H,2-5,12H2,1H3,(H,26,27). The van der Waals surface area contributed by atoms with Crippen LogP contribution in [0.4, 0.5) is 5.13 Å². The monoisotopic (exact) mass is 433 g/mol. The molecule has 0 saturated heterocycles. The molecular weight excluding hydrogens is 410 g/mol. The van der Waals surface area contributed by atoms with Gasteiger partial charge in [0.25, 0.3) is 0 Å². The van der Waals surface area contributed by atoms with E-state index in [0.717, 1.165) is 57.6 Å². The maximum absolute atomic E-state index is 10.2. The molecule has 2 N–H and O–H groups in total. The Kier molecular flexibility index (Phi) is 5.22. The van der Waals surface area contributed by atoms with Crippen molar-refractivity contribution in [2.24, 2.45) is 0 Å². The number of hydrogen-bond acceptors (Lipinski definition) is 7. The Hall–Kier alpha value is -3.15. The molecule has 8 heteroatoms. The third-order valence-electron chi connectivity index (χ3n) is 5.91. The van der Waals surface area contributed by atoms with E-state index in [-0.39, 0.29) is 12.1 Å². The van der Waals surface area contributed by atoms with Crippen LogP contribution in [0.25, 0.3) is 21.3 Å². The summed E-state index contributed by atoms with van der Waals surface area (Å²) in [7, 11) is 1.56.